The van der Waals surface area contributed by atoms with Crippen LogP contribution in [-0.4, -0.2) is 33.2 Å². The molecule has 0 bridgehead atoms. The van der Waals surface area contributed by atoms with Crippen molar-refractivity contribution in [1.29, 1.82) is 0 Å². The van der Waals surface area contributed by atoms with Gasteiger partial charge in [-0.25, -0.2) is 8.42 Å². The smallest absolute Gasteiger partial charge is 0.243 e. The molecule has 0 aromatic heterocycles. The quantitative estimate of drug-likeness (QED) is 0.703. The van der Waals surface area contributed by atoms with Crippen molar-refractivity contribution >= 4 is 33.2 Å². The number of ether oxygens (including phenoxy) is 1. The molecule has 28 heavy (non-hydrogen) atoms. The summed E-state index contributed by atoms with van der Waals surface area (Å²) in [5.74, 6) is 0.304. The van der Waals surface area contributed by atoms with Crippen molar-refractivity contribution in [3.63, 3.8) is 0 Å². The third-order valence-corrected chi connectivity index (χ3v) is 5.82. The molecule has 0 spiro atoms. The lowest BCUT2D eigenvalue weighted by Crippen LogP contribution is -2.47. The van der Waals surface area contributed by atoms with Gasteiger partial charge in [-0.1, -0.05) is 29.8 Å². The van der Waals surface area contributed by atoms with Gasteiger partial charge in [0.2, 0.25) is 15.9 Å². The number of sulfonamides is 1. The number of nitrogens with zero attached hydrogens (tertiary/aromatic N) is 1. The van der Waals surface area contributed by atoms with Crippen molar-refractivity contribution in [2.24, 2.45) is 0 Å². The van der Waals surface area contributed by atoms with Gasteiger partial charge in [0.1, 0.15) is 11.8 Å². The standard InChI is InChI=1S/C20H25ClN2O4S/c1-5-27-18-8-6-7-16(11-18)13-22-20(24)15(3)23(28(4,25)26)17-10-9-14(2)19(21)12-17/h6-12,15H,5,13H2,1-4H3,(H,22,24). The maximum atomic E-state index is 12.7. The minimum Gasteiger partial charge on any atom is -0.494 e. The van der Waals surface area contributed by atoms with E-state index in [0.29, 0.717) is 23.1 Å². The molecule has 2 aromatic rings. The molecule has 2 rings (SSSR count). The molecule has 0 radical (unpaired) electrons. The summed E-state index contributed by atoms with van der Waals surface area (Å²) in [5, 5.41) is 3.22. The molecule has 6 nitrogen and oxygen atoms in total. The van der Waals surface area contributed by atoms with E-state index < -0.39 is 22.0 Å². The summed E-state index contributed by atoms with van der Waals surface area (Å²) in [6, 6.07) is 11.3. The summed E-state index contributed by atoms with van der Waals surface area (Å²) >= 11 is 6.14. The van der Waals surface area contributed by atoms with Gasteiger partial charge in [-0.05, 0) is 56.2 Å². The molecule has 0 saturated carbocycles. The Morgan fingerprint density at radius 3 is 2.57 bits per heavy atom. The second kappa shape index (κ2) is 9.30. The molecule has 1 amide bonds. The molecule has 1 unspecified atom stereocenters. The Balaban J connectivity index is 2.17. The fourth-order valence-corrected chi connectivity index (χ4v) is 4.12. The molecular formula is C20H25ClN2O4S. The van der Waals surface area contributed by atoms with Crippen LogP contribution in [0, 0.1) is 6.92 Å². The summed E-state index contributed by atoms with van der Waals surface area (Å²) in [7, 11) is -3.69. The summed E-state index contributed by atoms with van der Waals surface area (Å²) in [6.07, 6.45) is 1.07. The van der Waals surface area contributed by atoms with Gasteiger partial charge in [0, 0.05) is 11.6 Å². The lowest BCUT2D eigenvalue weighted by molar-refractivity contribution is -0.122. The third kappa shape index (κ3) is 5.62. The maximum Gasteiger partial charge on any atom is 0.243 e. The summed E-state index contributed by atoms with van der Waals surface area (Å²) in [5.41, 5.74) is 2.03. The van der Waals surface area contributed by atoms with Crippen LogP contribution in [0.5, 0.6) is 5.75 Å². The van der Waals surface area contributed by atoms with Gasteiger partial charge in [0.05, 0.1) is 18.6 Å². The predicted octanol–water partition coefficient (Wildman–Crippen LogP) is 3.52. The molecular weight excluding hydrogens is 400 g/mol. The van der Waals surface area contributed by atoms with Gasteiger partial charge >= 0.3 is 0 Å². The van der Waals surface area contributed by atoms with Crippen molar-refractivity contribution in [2.45, 2.75) is 33.4 Å². The van der Waals surface area contributed by atoms with E-state index in [1.165, 1.54) is 0 Å². The van der Waals surface area contributed by atoms with Gasteiger partial charge in [-0.3, -0.25) is 9.10 Å². The van der Waals surface area contributed by atoms with Crippen LogP contribution in [0.3, 0.4) is 0 Å². The normalized spacial score (nSPS) is 12.3. The highest BCUT2D eigenvalue weighted by molar-refractivity contribution is 7.92. The minimum absolute atomic E-state index is 0.260. The van der Waals surface area contributed by atoms with Crippen LogP contribution in [0.25, 0.3) is 0 Å². The summed E-state index contributed by atoms with van der Waals surface area (Å²) in [4.78, 5) is 12.7. The van der Waals surface area contributed by atoms with Gasteiger partial charge in [0.15, 0.2) is 0 Å². The number of hydrogen-bond donors (Lipinski definition) is 1. The Hall–Kier alpha value is -2.25. The lowest BCUT2D eigenvalue weighted by Gasteiger charge is -2.28. The zero-order chi connectivity index (χ0) is 20.9. The van der Waals surface area contributed by atoms with Crippen molar-refractivity contribution in [2.75, 3.05) is 17.2 Å². The summed E-state index contributed by atoms with van der Waals surface area (Å²) < 4.78 is 31.2. The Labute approximate surface area is 171 Å². The highest BCUT2D eigenvalue weighted by atomic mass is 35.5. The fraction of sp³-hybridized carbons (Fsp3) is 0.350. The maximum absolute atomic E-state index is 12.7. The number of carbonyl (C=O) groups excluding carboxylic acids is 1. The first-order valence-corrected chi connectivity index (χ1v) is 11.1. The molecule has 152 valence electrons. The van der Waals surface area contributed by atoms with E-state index in [0.717, 1.165) is 21.7 Å². The van der Waals surface area contributed by atoms with E-state index >= 15 is 0 Å². The lowest BCUT2D eigenvalue weighted by atomic mass is 10.2. The molecule has 0 heterocycles. The number of hydrogen-bond acceptors (Lipinski definition) is 4. The van der Waals surface area contributed by atoms with Crippen molar-refractivity contribution in [1.82, 2.24) is 5.32 Å². The van der Waals surface area contributed by atoms with Crippen LogP contribution in [-0.2, 0) is 21.4 Å². The van der Waals surface area contributed by atoms with Gasteiger partial charge in [-0.15, -0.1) is 0 Å². The molecule has 2 aromatic carbocycles. The zero-order valence-corrected chi connectivity index (χ0v) is 18.0. The number of carbonyl (C=O) groups is 1. The Morgan fingerprint density at radius 1 is 1.25 bits per heavy atom. The predicted molar refractivity (Wildman–Crippen MR) is 112 cm³/mol. The number of halogens is 1. The van der Waals surface area contributed by atoms with Crippen LogP contribution >= 0.6 is 11.6 Å². The molecule has 1 N–H and O–H groups in total. The van der Waals surface area contributed by atoms with Crippen molar-refractivity contribution in [3.8, 4) is 5.75 Å². The van der Waals surface area contributed by atoms with Crippen LogP contribution in [0.2, 0.25) is 5.02 Å². The minimum atomic E-state index is -3.69. The van der Waals surface area contributed by atoms with Crippen LogP contribution < -0.4 is 14.4 Å². The molecule has 0 aliphatic heterocycles. The number of nitrogens with one attached hydrogen (secondary N) is 1. The van der Waals surface area contributed by atoms with E-state index in [1.807, 2.05) is 38.1 Å². The van der Waals surface area contributed by atoms with E-state index in [4.69, 9.17) is 16.3 Å². The second-order valence-corrected chi connectivity index (χ2v) is 8.73. The monoisotopic (exact) mass is 424 g/mol. The van der Waals surface area contributed by atoms with Crippen molar-refractivity contribution < 1.29 is 17.9 Å². The van der Waals surface area contributed by atoms with Crippen molar-refractivity contribution in [3.05, 3.63) is 58.6 Å². The Morgan fingerprint density at radius 2 is 1.96 bits per heavy atom. The number of aryl methyl sites for hydroxylation is 1. The van der Waals surface area contributed by atoms with Crippen LogP contribution in [0.1, 0.15) is 25.0 Å². The molecule has 8 heteroatoms. The highest BCUT2D eigenvalue weighted by Crippen LogP contribution is 2.26. The summed E-state index contributed by atoms with van der Waals surface area (Å²) in [6.45, 7) is 6.07. The molecule has 0 aliphatic rings. The molecule has 1 atom stereocenters. The average Bonchev–Trinajstić information content (AvgIpc) is 2.62. The Bertz CT molecular complexity index is 947. The number of rotatable bonds is 8. The second-order valence-electron chi connectivity index (χ2n) is 6.47. The SMILES string of the molecule is CCOc1cccc(CNC(=O)C(C)N(c2ccc(C)c(Cl)c2)S(C)(=O)=O)c1. The first kappa shape index (κ1) is 22.0. The Kier molecular flexibility index (Phi) is 7.32. The van der Waals surface area contributed by atoms with Gasteiger partial charge in [-0.2, -0.15) is 0 Å². The van der Waals surface area contributed by atoms with E-state index in [1.54, 1.807) is 25.1 Å². The molecule has 0 aliphatic carbocycles. The molecule has 0 fully saturated rings. The number of amides is 1. The zero-order valence-electron chi connectivity index (χ0n) is 16.4. The first-order valence-electron chi connectivity index (χ1n) is 8.88. The number of benzene rings is 2. The van der Waals surface area contributed by atoms with E-state index in [9.17, 15) is 13.2 Å². The average molecular weight is 425 g/mol. The van der Waals surface area contributed by atoms with Gasteiger partial charge < -0.3 is 10.1 Å². The molecule has 0 saturated heterocycles. The highest BCUT2D eigenvalue weighted by Gasteiger charge is 2.29. The first-order chi connectivity index (χ1) is 13.1. The van der Waals surface area contributed by atoms with Crippen LogP contribution in [0.4, 0.5) is 5.69 Å². The van der Waals surface area contributed by atoms with E-state index in [2.05, 4.69) is 5.32 Å². The topological polar surface area (TPSA) is 75.7 Å². The largest absolute Gasteiger partial charge is 0.494 e. The van der Waals surface area contributed by atoms with Crippen LogP contribution in [0.15, 0.2) is 42.5 Å². The van der Waals surface area contributed by atoms with E-state index in [-0.39, 0.29) is 6.54 Å². The third-order valence-electron chi connectivity index (χ3n) is 4.17. The van der Waals surface area contributed by atoms with Gasteiger partial charge in [0.25, 0.3) is 0 Å². The fourth-order valence-electron chi connectivity index (χ4n) is 2.78. The number of anilines is 1.